The highest BCUT2D eigenvalue weighted by Crippen LogP contribution is 2.24. The van der Waals surface area contributed by atoms with Crippen LogP contribution in [0.3, 0.4) is 0 Å². The Morgan fingerprint density at radius 3 is 2.58 bits per heavy atom. The molecule has 0 aliphatic heterocycles. The van der Waals surface area contributed by atoms with Crippen molar-refractivity contribution in [2.75, 3.05) is 19.1 Å². The van der Waals surface area contributed by atoms with Crippen LogP contribution in [0, 0.1) is 0 Å². The van der Waals surface area contributed by atoms with Crippen LogP contribution >= 0.6 is 23.4 Å². The monoisotopic (exact) mass is 323 g/mol. The molecule has 19 heavy (non-hydrogen) atoms. The highest BCUT2D eigenvalue weighted by Gasteiger charge is 2.25. The highest BCUT2D eigenvalue weighted by molar-refractivity contribution is 7.98. The molecule has 108 valence electrons. The molecule has 1 aromatic rings. The van der Waals surface area contributed by atoms with Crippen molar-refractivity contribution in [3.8, 4) is 0 Å². The van der Waals surface area contributed by atoms with E-state index in [1.54, 1.807) is 18.8 Å². The van der Waals surface area contributed by atoms with Crippen molar-refractivity contribution in [2.24, 2.45) is 0 Å². The number of thioether (sulfide) groups is 1. The minimum Gasteiger partial charge on any atom is -0.392 e. The summed E-state index contributed by atoms with van der Waals surface area (Å²) in [5.41, 5.74) is 0.514. The van der Waals surface area contributed by atoms with Gasteiger partial charge in [-0.15, -0.1) is 0 Å². The summed E-state index contributed by atoms with van der Waals surface area (Å²) in [6.07, 6.45) is 1.93. The zero-order chi connectivity index (χ0) is 14.6. The maximum atomic E-state index is 12.4. The number of halogens is 1. The van der Waals surface area contributed by atoms with Gasteiger partial charge in [0.2, 0.25) is 10.0 Å². The quantitative estimate of drug-likeness (QED) is 0.872. The molecule has 0 spiro atoms. The molecular weight excluding hydrogens is 306 g/mol. The molecule has 0 saturated carbocycles. The van der Waals surface area contributed by atoms with Gasteiger partial charge in [0, 0.05) is 23.9 Å². The number of benzene rings is 1. The van der Waals surface area contributed by atoms with Crippen molar-refractivity contribution < 1.29 is 13.5 Å². The zero-order valence-corrected chi connectivity index (χ0v) is 13.5. The molecule has 0 fully saturated rings. The normalized spacial score (nSPS) is 13.8. The van der Waals surface area contributed by atoms with Crippen molar-refractivity contribution in [2.45, 2.75) is 24.5 Å². The molecule has 1 unspecified atom stereocenters. The highest BCUT2D eigenvalue weighted by atomic mass is 35.5. The number of sulfonamides is 1. The van der Waals surface area contributed by atoms with Crippen LogP contribution in [0.4, 0.5) is 0 Å². The number of nitrogens with zero attached hydrogens (tertiary/aromatic N) is 1. The van der Waals surface area contributed by atoms with Crippen molar-refractivity contribution >= 4 is 33.4 Å². The molecule has 1 aromatic carbocycles. The molecule has 0 aliphatic rings. The van der Waals surface area contributed by atoms with Crippen LogP contribution in [0.5, 0.6) is 0 Å². The number of hydrogen-bond acceptors (Lipinski definition) is 4. The SMILES string of the molecule is CSCC(C)N(C)S(=O)(=O)c1ccc(CO)c(Cl)c1. The van der Waals surface area contributed by atoms with E-state index in [2.05, 4.69) is 0 Å². The van der Waals surface area contributed by atoms with Crippen molar-refractivity contribution in [3.63, 3.8) is 0 Å². The first-order valence-electron chi connectivity index (χ1n) is 5.70. The van der Waals surface area contributed by atoms with Gasteiger partial charge in [0.1, 0.15) is 0 Å². The Morgan fingerprint density at radius 1 is 1.47 bits per heavy atom. The second kappa shape index (κ2) is 6.95. The van der Waals surface area contributed by atoms with Crippen LogP contribution in [0.1, 0.15) is 12.5 Å². The van der Waals surface area contributed by atoms with E-state index in [1.165, 1.54) is 22.5 Å². The van der Waals surface area contributed by atoms with Crippen molar-refractivity contribution in [1.82, 2.24) is 4.31 Å². The van der Waals surface area contributed by atoms with Crippen LogP contribution in [-0.4, -0.2) is 42.9 Å². The maximum Gasteiger partial charge on any atom is 0.243 e. The molecule has 0 bridgehead atoms. The summed E-state index contributed by atoms with van der Waals surface area (Å²) in [6.45, 7) is 1.65. The van der Waals surface area contributed by atoms with Gasteiger partial charge in [-0.3, -0.25) is 0 Å². The first-order valence-corrected chi connectivity index (χ1v) is 8.92. The number of aliphatic hydroxyl groups is 1. The second-order valence-corrected chi connectivity index (χ2v) is 7.55. The Morgan fingerprint density at radius 2 is 2.11 bits per heavy atom. The van der Waals surface area contributed by atoms with Crippen LogP contribution in [0.15, 0.2) is 23.1 Å². The van der Waals surface area contributed by atoms with Crippen LogP contribution in [0.25, 0.3) is 0 Å². The third kappa shape index (κ3) is 3.86. The second-order valence-electron chi connectivity index (χ2n) is 4.24. The van der Waals surface area contributed by atoms with Gasteiger partial charge in [0.15, 0.2) is 0 Å². The van der Waals surface area contributed by atoms with E-state index in [9.17, 15) is 8.42 Å². The summed E-state index contributed by atoms with van der Waals surface area (Å²) < 4.78 is 26.1. The van der Waals surface area contributed by atoms with Crippen molar-refractivity contribution in [3.05, 3.63) is 28.8 Å². The van der Waals surface area contributed by atoms with E-state index in [0.29, 0.717) is 5.56 Å². The number of hydrogen-bond donors (Lipinski definition) is 1. The Kier molecular flexibility index (Phi) is 6.14. The summed E-state index contributed by atoms with van der Waals surface area (Å²) in [6, 6.07) is 4.28. The predicted molar refractivity (Wildman–Crippen MR) is 80.2 cm³/mol. The van der Waals surface area contributed by atoms with Gasteiger partial charge in [-0.25, -0.2) is 8.42 Å². The third-order valence-corrected chi connectivity index (χ3v) is 6.04. The van der Waals surface area contributed by atoms with E-state index in [-0.39, 0.29) is 22.6 Å². The van der Waals surface area contributed by atoms with E-state index >= 15 is 0 Å². The molecule has 0 aliphatic carbocycles. The third-order valence-electron chi connectivity index (χ3n) is 2.90. The molecule has 7 heteroatoms. The van der Waals surface area contributed by atoms with E-state index in [1.807, 2.05) is 13.2 Å². The fourth-order valence-corrected chi connectivity index (χ4v) is 4.06. The van der Waals surface area contributed by atoms with Crippen molar-refractivity contribution in [1.29, 1.82) is 0 Å². The first kappa shape index (κ1) is 16.8. The molecule has 0 heterocycles. The fraction of sp³-hybridized carbons (Fsp3) is 0.500. The molecule has 1 N–H and O–H groups in total. The number of rotatable bonds is 6. The summed E-state index contributed by atoms with van der Waals surface area (Å²) in [5.74, 6) is 0.720. The van der Waals surface area contributed by atoms with Gasteiger partial charge in [0.25, 0.3) is 0 Å². The molecule has 0 radical (unpaired) electrons. The number of aliphatic hydroxyl groups excluding tert-OH is 1. The average Bonchev–Trinajstić information content (AvgIpc) is 2.37. The molecule has 0 amide bonds. The summed E-state index contributed by atoms with van der Waals surface area (Å²) in [4.78, 5) is 0.144. The Hall–Kier alpha value is -0.270. The van der Waals surface area contributed by atoms with Gasteiger partial charge < -0.3 is 5.11 Å². The summed E-state index contributed by atoms with van der Waals surface area (Å²) in [5, 5.41) is 9.29. The zero-order valence-electron chi connectivity index (χ0n) is 11.1. The standard InChI is InChI=1S/C12H18ClNO3S2/c1-9(8-18-3)14(2)19(16,17)11-5-4-10(7-15)12(13)6-11/h4-6,9,15H,7-8H2,1-3H3. The fourth-order valence-electron chi connectivity index (χ4n) is 1.57. The first-order chi connectivity index (χ1) is 8.84. The van der Waals surface area contributed by atoms with E-state index < -0.39 is 10.0 Å². The lowest BCUT2D eigenvalue weighted by Gasteiger charge is -2.23. The molecule has 4 nitrogen and oxygen atoms in total. The molecule has 0 saturated heterocycles. The lowest BCUT2D eigenvalue weighted by atomic mass is 10.2. The van der Waals surface area contributed by atoms with Crippen LogP contribution in [0.2, 0.25) is 5.02 Å². The van der Waals surface area contributed by atoms with Gasteiger partial charge >= 0.3 is 0 Å². The van der Waals surface area contributed by atoms with Crippen LogP contribution in [-0.2, 0) is 16.6 Å². The molecular formula is C12H18ClNO3S2. The largest absolute Gasteiger partial charge is 0.392 e. The Balaban J connectivity index is 3.10. The lowest BCUT2D eigenvalue weighted by Crippen LogP contribution is -2.36. The molecule has 1 atom stereocenters. The lowest BCUT2D eigenvalue weighted by molar-refractivity contribution is 0.282. The minimum absolute atomic E-state index is 0.101. The van der Waals surface area contributed by atoms with Crippen LogP contribution < -0.4 is 0 Å². The van der Waals surface area contributed by atoms with Gasteiger partial charge in [-0.2, -0.15) is 16.1 Å². The van der Waals surface area contributed by atoms with Gasteiger partial charge in [-0.1, -0.05) is 17.7 Å². The summed E-state index contributed by atoms with van der Waals surface area (Å²) >= 11 is 7.53. The predicted octanol–water partition coefficient (Wildman–Crippen LogP) is 2.20. The topological polar surface area (TPSA) is 57.6 Å². The smallest absolute Gasteiger partial charge is 0.243 e. The minimum atomic E-state index is -3.55. The summed E-state index contributed by atoms with van der Waals surface area (Å²) in [7, 11) is -1.99. The van der Waals surface area contributed by atoms with E-state index in [4.69, 9.17) is 16.7 Å². The maximum absolute atomic E-state index is 12.4. The average molecular weight is 324 g/mol. The Labute approximate surface area is 123 Å². The molecule has 0 aromatic heterocycles. The van der Waals surface area contributed by atoms with E-state index in [0.717, 1.165) is 5.75 Å². The Bertz CT molecular complexity index is 534. The molecule has 1 rings (SSSR count). The van der Waals surface area contributed by atoms with Gasteiger partial charge in [-0.05, 0) is 30.9 Å². The van der Waals surface area contributed by atoms with Gasteiger partial charge in [0.05, 0.1) is 11.5 Å².